The highest BCUT2D eigenvalue weighted by molar-refractivity contribution is 6.07. The molecule has 138 valence electrons. The Kier molecular flexibility index (Phi) is 4.44. The van der Waals surface area contributed by atoms with Gasteiger partial charge in [-0.05, 0) is 67.1 Å². The Balaban J connectivity index is 1.61. The molecule has 5 heteroatoms. The number of benzene rings is 2. The van der Waals surface area contributed by atoms with E-state index >= 15 is 0 Å². The molecule has 5 nitrogen and oxygen atoms in total. The van der Waals surface area contributed by atoms with Gasteiger partial charge in [0.05, 0.1) is 12.7 Å². The van der Waals surface area contributed by atoms with E-state index in [4.69, 9.17) is 4.74 Å². The number of esters is 1. The fourth-order valence-electron chi connectivity index (χ4n) is 3.78. The van der Waals surface area contributed by atoms with Gasteiger partial charge >= 0.3 is 5.97 Å². The van der Waals surface area contributed by atoms with Crippen LogP contribution in [0.3, 0.4) is 0 Å². The summed E-state index contributed by atoms with van der Waals surface area (Å²) in [5.74, 6) is 0.0355. The van der Waals surface area contributed by atoms with Crippen molar-refractivity contribution in [3.05, 3.63) is 64.8 Å². The van der Waals surface area contributed by atoms with Crippen molar-refractivity contribution in [3.63, 3.8) is 0 Å². The quantitative estimate of drug-likeness (QED) is 0.681. The molecule has 0 aliphatic heterocycles. The van der Waals surface area contributed by atoms with E-state index in [-0.39, 0.29) is 5.91 Å². The highest BCUT2D eigenvalue weighted by Gasteiger charge is 2.20. The number of ether oxygens (including phenoxy) is 1. The third-order valence-electron chi connectivity index (χ3n) is 5.24. The van der Waals surface area contributed by atoms with Crippen molar-refractivity contribution in [2.75, 3.05) is 12.4 Å². The molecule has 1 aliphatic carbocycles. The van der Waals surface area contributed by atoms with Crippen LogP contribution in [-0.4, -0.2) is 24.0 Å². The summed E-state index contributed by atoms with van der Waals surface area (Å²) in [6, 6.07) is 12.5. The maximum Gasteiger partial charge on any atom is 0.337 e. The van der Waals surface area contributed by atoms with Crippen molar-refractivity contribution in [2.45, 2.75) is 26.2 Å². The molecule has 0 unspecified atom stereocenters. The zero-order valence-electron chi connectivity index (χ0n) is 15.5. The molecular formula is C22H22N2O3. The molecule has 0 spiro atoms. The number of anilines is 1. The molecule has 0 radical (unpaired) electrons. The van der Waals surface area contributed by atoms with Gasteiger partial charge in [-0.25, -0.2) is 4.79 Å². The summed E-state index contributed by atoms with van der Waals surface area (Å²) in [6.07, 6.45) is 3.30. The molecule has 1 heterocycles. The van der Waals surface area contributed by atoms with E-state index < -0.39 is 5.97 Å². The van der Waals surface area contributed by atoms with Crippen molar-refractivity contribution in [2.24, 2.45) is 5.92 Å². The molecule has 27 heavy (non-hydrogen) atoms. The lowest BCUT2D eigenvalue weighted by Gasteiger charge is -2.18. The van der Waals surface area contributed by atoms with Gasteiger partial charge in [-0.15, -0.1) is 0 Å². The molecule has 0 fully saturated rings. The molecule has 1 aliphatic rings. The fraction of sp³-hybridized carbons (Fsp3) is 0.273. The Labute approximate surface area is 157 Å². The SMILES string of the molecule is COC(=O)c1cccc(NC(=O)c2ccc3[nH]c4c(c3c2)C[C@H](C)CC4)c1. The summed E-state index contributed by atoms with van der Waals surface area (Å²) in [5.41, 5.74) is 5.29. The first-order valence-corrected chi connectivity index (χ1v) is 9.18. The number of carbonyl (C=O) groups is 2. The van der Waals surface area contributed by atoms with E-state index in [1.165, 1.54) is 24.8 Å². The number of nitrogens with one attached hydrogen (secondary N) is 2. The minimum Gasteiger partial charge on any atom is -0.465 e. The Hall–Kier alpha value is -3.08. The Morgan fingerprint density at radius 2 is 2.00 bits per heavy atom. The van der Waals surface area contributed by atoms with E-state index in [1.807, 2.05) is 18.2 Å². The Morgan fingerprint density at radius 3 is 2.81 bits per heavy atom. The number of aromatic nitrogens is 1. The molecule has 1 aromatic heterocycles. The van der Waals surface area contributed by atoms with Crippen molar-refractivity contribution >= 4 is 28.5 Å². The second kappa shape index (κ2) is 6.91. The van der Waals surface area contributed by atoms with Gasteiger partial charge in [-0.1, -0.05) is 13.0 Å². The minimum absolute atomic E-state index is 0.197. The maximum atomic E-state index is 12.7. The van der Waals surface area contributed by atoms with E-state index in [0.717, 1.165) is 23.7 Å². The number of fused-ring (bicyclic) bond motifs is 3. The summed E-state index contributed by atoms with van der Waals surface area (Å²) in [7, 11) is 1.33. The predicted molar refractivity (Wildman–Crippen MR) is 105 cm³/mol. The van der Waals surface area contributed by atoms with E-state index in [1.54, 1.807) is 24.3 Å². The fourth-order valence-corrected chi connectivity index (χ4v) is 3.78. The number of aryl methyl sites for hydroxylation is 1. The zero-order chi connectivity index (χ0) is 19.0. The van der Waals surface area contributed by atoms with Gasteiger partial charge in [-0.2, -0.15) is 0 Å². The summed E-state index contributed by atoms with van der Waals surface area (Å²) in [4.78, 5) is 27.9. The Morgan fingerprint density at radius 1 is 1.15 bits per heavy atom. The van der Waals surface area contributed by atoms with Gasteiger partial charge in [0, 0.05) is 27.8 Å². The number of hydrogen-bond acceptors (Lipinski definition) is 3. The van der Waals surface area contributed by atoms with Crippen molar-refractivity contribution < 1.29 is 14.3 Å². The number of amides is 1. The number of aromatic amines is 1. The first kappa shape index (κ1) is 17.3. The average Bonchev–Trinajstić information content (AvgIpc) is 3.04. The molecule has 1 amide bonds. The molecule has 2 aromatic carbocycles. The smallest absolute Gasteiger partial charge is 0.337 e. The van der Waals surface area contributed by atoms with Crippen LogP contribution >= 0.6 is 0 Å². The van der Waals surface area contributed by atoms with Crippen LogP contribution in [0.15, 0.2) is 42.5 Å². The number of hydrogen-bond donors (Lipinski definition) is 2. The minimum atomic E-state index is -0.430. The van der Waals surface area contributed by atoms with Crippen LogP contribution in [0.2, 0.25) is 0 Å². The normalized spacial score (nSPS) is 16.0. The van der Waals surface area contributed by atoms with Crippen LogP contribution in [-0.2, 0) is 17.6 Å². The second-order valence-corrected chi connectivity index (χ2v) is 7.22. The largest absolute Gasteiger partial charge is 0.465 e. The monoisotopic (exact) mass is 362 g/mol. The number of H-pyrrole nitrogens is 1. The van der Waals surface area contributed by atoms with Crippen LogP contribution in [0.1, 0.15) is 45.3 Å². The first-order chi connectivity index (χ1) is 13.0. The lowest BCUT2D eigenvalue weighted by Crippen LogP contribution is -2.13. The third-order valence-corrected chi connectivity index (χ3v) is 5.24. The van der Waals surface area contributed by atoms with Gasteiger partial charge in [0.15, 0.2) is 0 Å². The van der Waals surface area contributed by atoms with Crippen LogP contribution in [0.5, 0.6) is 0 Å². The van der Waals surface area contributed by atoms with Crippen LogP contribution in [0.25, 0.3) is 10.9 Å². The second-order valence-electron chi connectivity index (χ2n) is 7.22. The van der Waals surface area contributed by atoms with Crippen molar-refractivity contribution in [1.29, 1.82) is 0 Å². The predicted octanol–water partition coefficient (Wildman–Crippen LogP) is 4.33. The molecular weight excluding hydrogens is 340 g/mol. The van der Waals surface area contributed by atoms with Gasteiger partial charge < -0.3 is 15.0 Å². The number of rotatable bonds is 3. The molecule has 0 bridgehead atoms. The zero-order valence-corrected chi connectivity index (χ0v) is 15.5. The third kappa shape index (κ3) is 3.33. The van der Waals surface area contributed by atoms with E-state index in [2.05, 4.69) is 17.2 Å². The van der Waals surface area contributed by atoms with Crippen molar-refractivity contribution in [3.8, 4) is 0 Å². The van der Waals surface area contributed by atoms with Gasteiger partial charge in [0.25, 0.3) is 5.91 Å². The first-order valence-electron chi connectivity index (χ1n) is 9.18. The molecule has 2 N–H and O–H groups in total. The molecule has 4 rings (SSSR count). The average molecular weight is 362 g/mol. The number of carbonyl (C=O) groups excluding carboxylic acids is 2. The highest BCUT2D eigenvalue weighted by Crippen LogP contribution is 2.32. The molecule has 1 atom stereocenters. The van der Waals surface area contributed by atoms with Gasteiger partial charge in [0.2, 0.25) is 0 Å². The number of methoxy groups -OCH3 is 1. The lowest BCUT2D eigenvalue weighted by molar-refractivity contribution is 0.0600. The topological polar surface area (TPSA) is 71.2 Å². The summed E-state index contributed by atoms with van der Waals surface area (Å²) in [6.45, 7) is 2.27. The summed E-state index contributed by atoms with van der Waals surface area (Å²) in [5, 5.41) is 4.00. The molecule has 0 saturated heterocycles. The van der Waals surface area contributed by atoms with Crippen molar-refractivity contribution in [1.82, 2.24) is 4.98 Å². The van der Waals surface area contributed by atoms with E-state index in [0.29, 0.717) is 22.7 Å². The maximum absolute atomic E-state index is 12.7. The van der Waals surface area contributed by atoms with Crippen LogP contribution in [0.4, 0.5) is 5.69 Å². The van der Waals surface area contributed by atoms with Gasteiger partial charge in [-0.3, -0.25) is 4.79 Å². The summed E-state index contributed by atoms with van der Waals surface area (Å²) >= 11 is 0. The van der Waals surface area contributed by atoms with Gasteiger partial charge in [0.1, 0.15) is 0 Å². The standard InChI is InChI=1S/C22H22N2O3/c1-13-6-8-19-17(10-13)18-12-14(7-9-20(18)24-19)21(25)23-16-5-3-4-15(11-16)22(26)27-2/h3-5,7,9,11-13,24H,6,8,10H2,1-2H3,(H,23,25)/t13-/m1/s1. The molecule has 3 aromatic rings. The lowest BCUT2D eigenvalue weighted by atomic mass is 9.87. The van der Waals surface area contributed by atoms with Crippen LogP contribution in [0, 0.1) is 5.92 Å². The summed E-state index contributed by atoms with van der Waals surface area (Å²) < 4.78 is 4.73. The van der Waals surface area contributed by atoms with Crippen LogP contribution < -0.4 is 5.32 Å². The Bertz CT molecular complexity index is 1040. The van der Waals surface area contributed by atoms with E-state index in [9.17, 15) is 9.59 Å². The molecule has 0 saturated carbocycles. The highest BCUT2D eigenvalue weighted by atomic mass is 16.5.